The fourth-order valence-electron chi connectivity index (χ4n) is 1.10. The molecule has 0 aromatic heterocycles. The van der Waals surface area contributed by atoms with Crippen LogP contribution in [-0.2, 0) is 4.79 Å². The van der Waals surface area contributed by atoms with Gasteiger partial charge >= 0.3 is 12.0 Å². The highest BCUT2D eigenvalue weighted by Gasteiger charge is 2.28. The Kier molecular flexibility index (Phi) is 5.27. The number of nitrogens with one attached hydrogen (secondary N) is 1. The fraction of sp³-hybridized carbons (Fsp3) is 0.818. The molecule has 0 aliphatic heterocycles. The molecule has 1 unspecified atom stereocenters. The Bertz CT molecular complexity index is 264. The van der Waals surface area contributed by atoms with Crippen LogP contribution in [0.1, 0.15) is 40.5 Å². The van der Waals surface area contributed by atoms with E-state index in [0.717, 1.165) is 6.42 Å². The number of carboxylic acid groups (broad SMARTS) is 1. The Balaban J connectivity index is 4.52. The van der Waals surface area contributed by atoms with Crippen LogP contribution in [0.25, 0.3) is 0 Å². The second kappa shape index (κ2) is 5.72. The van der Waals surface area contributed by atoms with Crippen molar-refractivity contribution in [3.8, 4) is 0 Å². The molecule has 0 aromatic carbocycles. The quantitative estimate of drug-likeness (QED) is 0.755. The smallest absolute Gasteiger partial charge is 0.326 e. The van der Waals surface area contributed by atoms with Gasteiger partial charge in [0, 0.05) is 12.6 Å². The number of nitrogens with zero attached hydrogens (tertiary/aromatic N) is 1. The molecule has 2 N–H and O–H groups in total. The first-order valence-electron chi connectivity index (χ1n) is 5.53. The maximum atomic E-state index is 11.8. The molecule has 0 aromatic rings. The third-order valence-electron chi connectivity index (χ3n) is 3.08. The van der Waals surface area contributed by atoms with Gasteiger partial charge in [0.1, 0.15) is 6.04 Å². The molecule has 0 aliphatic carbocycles. The van der Waals surface area contributed by atoms with Crippen molar-refractivity contribution in [1.82, 2.24) is 10.2 Å². The molecule has 1 atom stereocenters. The van der Waals surface area contributed by atoms with Crippen molar-refractivity contribution in [2.24, 2.45) is 0 Å². The predicted molar refractivity (Wildman–Crippen MR) is 62.4 cm³/mol. The summed E-state index contributed by atoms with van der Waals surface area (Å²) in [5.41, 5.74) is -0.277. The van der Waals surface area contributed by atoms with Gasteiger partial charge in [0.15, 0.2) is 0 Å². The molecular formula is C11H22N2O3. The van der Waals surface area contributed by atoms with Gasteiger partial charge in [0.05, 0.1) is 0 Å². The van der Waals surface area contributed by atoms with Crippen molar-refractivity contribution in [2.75, 3.05) is 7.05 Å². The van der Waals surface area contributed by atoms with Gasteiger partial charge < -0.3 is 15.3 Å². The van der Waals surface area contributed by atoms with Crippen molar-refractivity contribution < 1.29 is 14.7 Å². The van der Waals surface area contributed by atoms with Gasteiger partial charge in [0.2, 0.25) is 0 Å². The molecule has 2 amide bonds. The van der Waals surface area contributed by atoms with Gasteiger partial charge in [-0.25, -0.2) is 9.59 Å². The molecule has 0 bridgehead atoms. The van der Waals surface area contributed by atoms with Crippen LogP contribution < -0.4 is 5.32 Å². The predicted octanol–water partition coefficient (Wildman–Crippen LogP) is 1.68. The van der Waals surface area contributed by atoms with E-state index in [-0.39, 0.29) is 11.6 Å². The highest BCUT2D eigenvalue weighted by atomic mass is 16.4. The molecule has 0 aliphatic rings. The summed E-state index contributed by atoms with van der Waals surface area (Å²) in [4.78, 5) is 24.1. The summed E-state index contributed by atoms with van der Waals surface area (Å²) in [6, 6.07) is -1.16. The molecular weight excluding hydrogens is 208 g/mol. The standard InChI is InChI=1S/C11H22N2O3/c1-6-8(9(14)15)12-10(16)13(5)11(3,4)7-2/h8H,6-7H2,1-5H3,(H,12,16)(H,14,15). The number of hydrogen-bond donors (Lipinski definition) is 2. The first-order chi connectivity index (χ1) is 7.26. The number of rotatable bonds is 5. The van der Waals surface area contributed by atoms with Gasteiger partial charge in [-0.05, 0) is 26.7 Å². The van der Waals surface area contributed by atoms with Crippen LogP contribution in [0.15, 0.2) is 0 Å². The molecule has 0 saturated carbocycles. The summed E-state index contributed by atoms with van der Waals surface area (Å²) >= 11 is 0. The Morgan fingerprint density at radius 1 is 1.38 bits per heavy atom. The minimum atomic E-state index is -1.00. The fourth-order valence-corrected chi connectivity index (χ4v) is 1.10. The molecule has 0 spiro atoms. The first kappa shape index (κ1) is 14.7. The highest BCUT2D eigenvalue weighted by molar-refractivity contribution is 5.82. The molecule has 5 heteroatoms. The molecule has 0 fully saturated rings. The van der Waals surface area contributed by atoms with E-state index in [1.54, 1.807) is 18.9 Å². The van der Waals surface area contributed by atoms with Gasteiger partial charge in [-0.15, -0.1) is 0 Å². The number of carbonyl (C=O) groups excluding carboxylic acids is 1. The normalized spacial score (nSPS) is 13.1. The molecule has 0 saturated heterocycles. The van der Waals surface area contributed by atoms with Crippen LogP contribution in [0.3, 0.4) is 0 Å². The van der Waals surface area contributed by atoms with Crippen molar-refractivity contribution in [1.29, 1.82) is 0 Å². The maximum Gasteiger partial charge on any atom is 0.326 e. The van der Waals surface area contributed by atoms with E-state index in [1.807, 2.05) is 20.8 Å². The Morgan fingerprint density at radius 3 is 2.19 bits per heavy atom. The van der Waals surface area contributed by atoms with E-state index >= 15 is 0 Å². The molecule has 5 nitrogen and oxygen atoms in total. The lowest BCUT2D eigenvalue weighted by molar-refractivity contribution is -0.139. The Labute approximate surface area is 96.8 Å². The highest BCUT2D eigenvalue weighted by Crippen LogP contribution is 2.16. The second-order valence-electron chi connectivity index (χ2n) is 4.47. The van der Waals surface area contributed by atoms with Crippen LogP contribution in [0.2, 0.25) is 0 Å². The summed E-state index contributed by atoms with van der Waals surface area (Å²) in [5, 5.41) is 11.3. The topological polar surface area (TPSA) is 69.6 Å². The number of urea groups is 1. The van der Waals surface area contributed by atoms with Gasteiger partial charge in [-0.3, -0.25) is 0 Å². The van der Waals surface area contributed by atoms with E-state index in [1.165, 1.54) is 0 Å². The summed E-state index contributed by atoms with van der Waals surface area (Å²) in [6.45, 7) is 7.59. The number of aliphatic carboxylic acids is 1. The average molecular weight is 230 g/mol. The summed E-state index contributed by atoms with van der Waals surface area (Å²) in [7, 11) is 1.67. The van der Waals surface area contributed by atoms with Crippen LogP contribution in [0, 0.1) is 0 Å². The maximum absolute atomic E-state index is 11.8. The largest absolute Gasteiger partial charge is 0.480 e. The van der Waals surface area contributed by atoms with Crippen LogP contribution in [0.4, 0.5) is 4.79 Å². The zero-order chi connectivity index (χ0) is 12.9. The van der Waals surface area contributed by atoms with Gasteiger partial charge in [0.25, 0.3) is 0 Å². The summed E-state index contributed by atoms with van der Waals surface area (Å²) < 4.78 is 0. The summed E-state index contributed by atoms with van der Waals surface area (Å²) in [5.74, 6) is -1.00. The molecule has 94 valence electrons. The lowest BCUT2D eigenvalue weighted by atomic mass is 10.0. The minimum Gasteiger partial charge on any atom is -0.480 e. The zero-order valence-electron chi connectivity index (χ0n) is 10.7. The molecule has 0 radical (unpaired) electrons. The van der Waals surface area contributed by atoms with Crippen molar-refractivity contribution in [3.63, 3.8) is 0 Å². The molecule has 16 heavy (non-hydrogen) atoms. The minimum absolute atomic E-state index is 0.277. The third-order valence-corrected chi connectivity index (χ3v) is 3.08. The molecule has 0 heterocycles. The Hall–Kier alpha value is -1.26. The third kappa shape index (κ3) is 3.72. The molecule has 0 rings (SSSR count). The van der Waals surface area contributed by atoms with Crippen molar-refractivity contribution in [2.45, 2.75) is 52.1 Å². The zero-order valence-corrected chi connectivity index (χ0v) is 10.7. The number of hydrogen-bond acceptors (Lipinski definition) is 2. The van der Waals surface area contributed by atoms with E-state index in [0.29, 0.717) is 6.42 Å². The van der Waals surface area contributed by atoms with Crippen molar-refractivity contribution in [3.05, 3.63) is 0 Å². The SMILES string of the molecule is CCC(NC(=O)N(C)C(C)(C)CC)C(=O)O. The van der Waals surface area contributed by atoms with E-state index in [2.05, 4.69) is 5.32 Å². The van der Waals surface area contributed by atoms with E-state index < -0.39 is 12.0 Å². The van der Waals surface area contributed by atoms with Gasteiger partial charge in [-0.2, -0.15) is 0 Å². The van der Waals surface area contributed by atoms with Crippen LogP contribution >= 0.6 is 0 Å². The monoisotopic (exact) mass is 230 g/mol. The summed E-state index contributed by atoms with van der Waals surface area (Å²) in [6.07, 6.45) is 1.18. The van der Waals surface area contributed by atoms with Crippen LogP contribution in [-0.4, -0.2) is 40.6 Å². The van der Waals surface area contributed by atoms with E-state index in [9.17, 15) is 9.59 Å². The second-order valence-corrected chi connectivity index (χ2v) is 4.47. The number of carboxylic acids is 1. The van der Waals surface area contributed by atoms with Gasteiger partial charge in [-0.1, -0.05) is 13.8 Å². The number of carbonyl (C=O) groups is 2. The number of amides is 2. The Morgan fingerprint density at radius 2 is 1.88 bits per heavy atom. The first-order valence-corrected chi connectivity index (χ1v) is 5.53. The lowest BCUT2D eigenvalue weighted by Crippen LogP contribution is -2.53. The van der Waals surface area contributed by atoms with Crippen LogP contribution in [0.5, 0.6) is 0 Å². The van der Waals surface area contributed by atoms with Crippen molar-refractivity contribution >= 4 is 12.0 Å². The average Bonchev–Trinajstić information content (AvgIpc) is 2.23. The lowest BCUT2D eigenvalue weighted by Gasteiger charge is -2.35. The van der Waals surface area contributed by atoms with E-state index in [4.69, 9.17) is 5.11 Å².